The van der Waals surface area contributed by atoms with Gasteiger partial charge in [-0.1, -0.05) is 0 Å². The van der Waals surface area contributed by atoms with Crippen LogP contribution in [0.4, 0.5) is 4.39 Å². The molecule has 2 rings (SSSR count). The number of benzene rings is 1. The van der Waals surface area contributed by atoms with E-state index >= 15 is 0 Å². The summed E-state index contributed by atoms with van der Waals surface area (Å²) in [5.74, 6) is -1.56. The Morgan fingerprint density at radius 3 is 2.73 bits per heavy atom. The molecule has 0 amide bonds. The van der Waals surface area contributed by atoms with Gasteiger partial charge in [0.25, 0.3) is 0 Å². The highest BCUT2D eigenvalue weighted by Gasteiger charge is 2.26. The third-order valence-electron chi connectivity index (χ3n) is 2.07. The molecule has 1 aliphatic carbocycles. The molecule has 0 unspecified atom stereocenters. The molecule has 1 aromatic rings. The number of hydrogen-bond acceptors (Lipinski definition) is 2. The Morgan fingerprint density at radius 2 is 2.20 bits per heavy atom. The van der Waals surface area contributed by atoms with Crippen LogP contribution in [0.25, 0.3) is 0 Å². The number of ether oxygens (including phenoxy) is 1. The van der Waals surface area contributed by atoms with E-state index in [0.717, 1.165) is 18.9 Å². The van der Waals surface area contributed by atoms with Gasteiger partial charge in [-0.05, 0) is 40.9 Å². The van der Waals surface area contributed by atoms with E-state index < -0.39 is 11.8 Å². The van der Waals surface area contributed by atoms with E-state index in [9.17, 15) is 9.18 Å². The summed E-state index contributed by atoms with van der Waals surface area (Å²) in [5.41, 5.74) is -0.136. The molecule has 0 saturated heterocycles. The molecule has 1 fully saturated rings. The fourth-order valence-electron chi connectivity index (χ4n) is 1.16. The van der Waals surface area contributed by atoms with E-state index in [0.29, 0.717) is 0 Å². The van der Waals surface area contributed by atoms with E-state index in [-0.39, 0.29) is 21.9 Å². The van der Waals surface area contributed by atoms with Gasteiger partial charge in [0, 0.05) is 0 Å². The van der Waals surface area contributed by atoms with Crippen molar-refractivity contribution in [3.05, 3.63) is 28.0 Å². The summed E-state index contributed by atoms with van der Waals surface area (Å²) in [7, 11) is 0. The molecule has 0 aliphatic heterocycles. The average molecular weight is 275 g/mol. The number of carbonyl (C=O) groups is 1. The summed E-state index contributed by atoms with van der Waals surface area (Å²) in [5, 5.41) is 8.85. The first-order valence-corrected chi connectivity index (χ1v) is 5.26. The molecular formula is C10H8BrFO3. The number of rotatable bonds is 3. The van der Waals surface area contributed by atoms with E-state index in [1.807, 2.05) is 0 Å². The summed E-state index contributed by atoms with van der Waals surface area (Å²) in [6.07, 6.45) is 1.93. The highest BCUT2D eigenvalue weighted by molar-refractivity contribution is 9.10. The molecular weight excluding hydrogens is 267 g/mol. The normalized spacial score (nSPS) is 15.1. The first-order chi connectivity index (χ1) is 7.08. The van der Waals surface area contributed by atoms with Crippen LogP contribution in [-0.2, 0) is 0 Å². The molecule has 0 aromatic heterocycles. The number of carboxylic acids is 1. The number of halogens is 2. The van der Waals surface area contributed by atoms with Gasteiger partial charge in [-0.25, -0.2) is 9.18 Å². The van der Waals surface area contributed by atoms with E-state index in [1.54, 1.807) is 0 Å². The standard InChI is InChI=1S/C10H8BrFO3/c11-7-4-9(15-5-1-2-5)6(10(13)14)3-8(7)12/h3-5H,1-2H2,(H,13,14). The fraction of sp³-hybridized carbons (Fsp3) is 0.300. The van der Waals surface area contributed by atoms with Crippen LogP contribution < -0.4 is 4.74 Å². The minimum atomic E-state index is -1.18. The monoisotopic (exact) mass is 274 g/mol. The van der Waals surface area contributed by atoms with Crippen molar-refractivity contribution in [3.63, 3.8) is 0 Å². The number of hydrogen-bond donors (Lipinski definition) is 1. The molecule has 1 aliphatic rings. The second-order valence-electron chi connectivity index (χ2n) is 3.38. The number of carboxylic acid groups (broad SMARTS) is 1. The van der Waals surface area contributed by atoms with Gasteiger partial charge in [0.05, 0.1) is 10.6 Å². The summed E-state index contributed by atoms with van der Waals surface area (Å²) >= 11 is 2.99. The highest BCUT2D eigenvalue weighted by atomic mass is 79.9. The second-order valence-corrected chi connectivity index (χ2v) is 4.24. The van der Waals surface area contributed by atoms with Gasteiger partial charge < -0.3 is 9.84 Å². The zero-order valence-electron chi connectivity index (χ0n) is 7.67. The van der Waals surface area contributed by atoms with Gasteiger partial charge in [0.1, 0.15) is 17.1 Å². The van der Waals surface area contributed by atoms with Crippen LogP contribution in [0.1, 0.15) is 23.2 Å². The van der Waals surface area contributed by atoms with Crippen LogP contribution in [-0.4, -0.2) is 17.2 Å². The predicted octanol–water partition coefficient (Wildman–Crippen LogP) is 2.83. The lowest BCUT2D eigenvalue weighted by molar-refractivity contribution is 0.0691. The van der Waals surface area contributed by atoms with Crippen molar-refractivity contribution >= 4 is 21.9 Å². The van der Waals surface area contributed by atoms with Crippen molar-refractivity contribution in [2.75, 3.05) is 0 Å². The molecule has 0 atom stereocenters. The van der Waals surface area contributed by atoms with Crippen LogP contribution in [0, 0.1) is 5.82 Å². The lowest BCUT2D eigenvalue weighted by atomic mass is 10.2. The lowest BCUT2D eigenvalue weighted by Gasteiger charge is -2.08. The van der Waals surface area contributed by atoms with Crippen LogP contribution >= 0.6 is 15.9 Å². The first-order valence-electron chi connectivity index (χ1n) is 4.47. The van der Waals surface area contributed by atoms with Crippen molar-refractivity contribution in [1.82, 2.24) is 0 Å². The third kappa shape index (κ3) is 2.28. The summed E-state index contributed by atoms with van der Waals surface area (Å²) in [6.45, 7) is 0. The minimum absolute atomic E-state index is 0.0838. The molecule has 3 nitrogen and oxygen atoms in total. The van der Waals surface area contributed by atoms with Crippen LogP contribution in [0.5, 0.6) is 5.75 Å². The Hall–Kier alpha value is -1.10. The van der Waals surface area contributed by atoms with Gasteiger partial charge >= 0.3 is 5.97 Å². The molecule has 0 spiro atoms. The SMILES string of the molecule is O=C(O)c1cc(F)c(Br)cc1OC1CC1. The van der Waals surface area contributed by atoms with Crippen molar-refractivity contribution in [2.24, 2.45) is 0 Å². The topological polar surface area (TPSA) is 46.5 Å². The van der Waals surface area contributed by atoms with Gasteiger partial charge in [0.15, 0.2) is 0 Å². The van der Waals surface area contributed by atoms with E-state index in [4.69, 9.17) is 9.84 Å². The highest BCUT2D eigenvalue weighted by Crippen LogP contribution is 2.32. The molecule has 1 aromatic carbocycles. The first kappa shape index (κ1) is 10.4. The van der Waals surface area contributed by atoms with E-state index in [2.05, 4.69) is 15.9 Å². The van der Waals surface area contributed by atoms with Crippen LogP contribution in [0.3, 0.4) is 0 Å². The number of aromatic carboxylic acids is 1. The molecule has 5 heteroatoms. The Bertz CT molecular complexity index is 415. The molecule has 1 N–H and O–H groups in total. The molecule has 0 bridgehead atoms. The Labute approximate surface area is 94.0 Å². The van der Waals surface area contributed by atoms with Gasteiger partial charge in [-0.15, -0.1) is 0 Å². The van der Waals surface area contributed by atoms with Gasteiger partial charge in [0.2, 0.25) is 0 Å². The Kier molecular flexibility index (Phi) is 2.65. The predicted molar refractivity (Wildman–Crippen MR) is 54.7 cm³/mol. The van der Waals surface area contributed by atoms with Crippen molar-refractivity contribution < 1.29 is 19.0 Å². The molecule has 80 valence electrons. The maximum absolute atomic E-state index is 13.1. The van der Waals surface area contributed by atoms with Crippen molar-refractivity contribution in [3.8, 4) is 5.75 Å². The largest absolute Gasteiger partial charge is 0.489 e. The quantitative estimate of drug-likeness (QED) is 0.922. The second kappa shape index (κ2) is 3.81. The Balaban J connectivity index is 2.39. The average Bonchev–Trinajstić information content (AvgIpc) is 2.94. The molecule has 0 heterocycles. The zero-order chi connectivity index (χ0) is 11.0. The Morgan fingerprint density at radius 1 is 1.53 bits per heavy atom. The molecule has 15 heavy (non-hydrogen) atoms. The molecule has 1 saturated carbocycles. The zero-order valence-corrected chi connectivity index (χ0v) is 9.25. The molecule has 0 radical (unpaired) electrons. The van der Waals surface area contributed by atoms with Crippen LogP contribution in [0.2, 0.25) is 0 Å². The maximum Gasteiger partial charge on any atom is 0.339 e. The van der Waals surface area contributed by atoms with Crippen LogP contribution in [0.15, 0.2) is 16.6 Å². The minimum Gasteiger partial charge on any atom is -0.489 e. The summed E-state index contributed by atoms with van der Waals surface area (Å²) < 4.78 is 18.7. The van der Waals surface area contributed by atoms with Crippen molar-refractivity contribution in [2.45, 2.75) is 18.9 Å². The van der Waals surface area contributed by atoms with E-state index in [1.165, 1.54) is 6.07 Å². The summed E-state index contributed by atoms with van der Waals surface area (Å²) in [6, 6.07) is 2.32. The summed E-state index contributed by atoms with van der Waals surface area (Å²) in [4.78, 5) is 10.8. The smallest absolute Gasteiger partial charge is 0.339 e. The maximum atomic E-state index is 13.1. The third-order valence-corrected chi connectivity index (χ3v) is 2.68. The van der Waals surface area contributed by atoms with Crippen molar-refractivity contribution in [1.29, 1.82) is 0 Å². The van der Waals surface area contributed by atoms with Gasteiger partial charge in [-0.3, -0.25) is 0 Å². The van der Waals surface area contributed by atoms with Gasteiger partial charge in [-0.2, -0.15) is 0 Å². The lowest BCUT2D eigenvalue weighted by Crippen LogP contribution is -2.05. The fourth-order valence-corrected chi connectivity index (χ4v) is 1.48.